The number of hydrogen-bond acceptors (Lipinski definition) is 3. The maximum Gasteiger partial charge on any atom is 0.324 e. The molecule has 0 fully saturated rings. The monoisotopic (exact) mass is 211 g/mol. The lowest BCUT2D eigenvalue weighted by molar-refractivity contribution is -0.138. The van der Waals surface area contributed by atoms with Crippen LogP contribution in [-0.2, 0) is 4.79 Å². The summed E-state index contributed by atoms with van der Waals surface area (Å²) in [6.07, 6.45) is 0. The molecule has 0 aliphatic rings. The van der Waals surface area contributed by atoms with E-state index in [0.29, 0.717) is 0 Å². The van der Waals surface area contributed by atoms with E-state index in [2.05, 4.69) is 10.3 Å². The lowest BCUT2D eigenvalue weighted by Crippen LogP contribution is -2.19. The van der Waals surface area contributed by atoms with Crippen LogP contribution in [0.2, 0.25) is 0 Å². The van der Waals surface area contributed by atoms with Gasteiger partial charge in [0.25, 0.3) is 0 Å². The lowest BCUT2D eigenvalue weighted by atomic mass is 10.3. The van der Waals surface area contributed by atoms with E-state index in [1.54, 1.807) is 6.07 Å². The predicted molar refractivity (Wildman–Crippen MR) is 51.2 cm³/mol. The molecule has 1 rings (SSSR count). The molecule has 0 aliphatic heterocycles. The first-order valence-electron chi connectivity index (χ1n) is 4.18. The molecule has 0 unspecified atom stereocenters. The Balaban J connectivity index is 2.65. The number of carboxylic acid groups (broad SMARTS) is 1. The Morgan fingerprint density at radius 2 is 2.20 bits per heavy atom. The molecule has 15 heavy (non-hydrogen) atoms. The standard InChI is InChI=1S/C9H10FN3O2/c1-13(6-9(14)15)12-11-8-5-3-2-4-7(8)10/h2-5H,6H2,1H3,(H,14,15)/b12-11+. The Morgan fingerprint density at radius 1 is 1.53 bits per heavy atom. The van der Waals surface area contributed by atoms with Crippen LogP contribution in [0.15, 0.2) is 34.6 Å². The number of halogens is 1. The molecule has 0 saturated heterocycles. The quantitative estimate of drug-likeness (QED) is 0.610. The van der Waals surface area contributed by atoms with Crippen LogP contribution in [0.1, 0.15) is 0 Å². The maximum atomic E-state index is 13.0. The Kier molecular flexibility index (Phi) is 3.73. The van der Waals surface area contributed by atoms with E-state index in [-0.39, 0.29) is 12.2 Å². The van der Waals surface area contributed by atoms with Crippen molar-refractivity contribution in [2.24, 2.45) is 10.3 Å². The molecule has 0 aliphatic carbocycles. The molecule has 0 spiro atoms. The summed E-state index contributed by atoms with van der Waals surface area (Å²) in [5, 5.41) is 16.6. The van der Waals surface area contributed by atoms with Crippen molar-refractivity contribution in [2.45, 2.75) is 0 Å². The van der Waals surface area contributed by atoms with Crippen molar-refractivity contribution in [1.29, 1.82) is 0 Å². The van der Waals surface area contributed by atoms with Crippen molar-refractivity contribution in [1.82, 2.24) is 5.01 Å². The molecule has 0 heterocycles. The number of aliphatic carboxylic acids is 1. The molecular formula is C9H10FN3O2. The SMILES string of the molecule is CN(CC(=O)O)/N=N/c1ccccc1F. The average Bonchev–Trinajstić information content (AvgIpc) is 2.15. The summed E-state index contributed by atoms with van der Waals surface area (Å²) in [5.74, 6) is -1.52. The summed E-state index contributed by atoms with van der Waals surface area (Å²) in [6.45, 7) is -0.280. The van der Waals surface area contributed by atoms with Gasteiger partial charge in [0, 0.05) is 7.05 Å². The summed E-state index contributed by atoms with van der Waals surface area (Å²) >= 11 is 0. The minimum absolute atomic E-state index is 0.0785. The molecule has 0 radical (unpaired) electrons. The molecule has 0 saturated carbocycles. The van der Waals surface area contributed by atoms with Gasteiger partial charge >= 0.3 is 5.97 Å². The van der Waals surface area contributed by atoms with Gasteiger partial charge in [-0.2, -0.15) is 0 Å². The zero-order valence-electron chi connectivity index (χ0n) is 8.09. The highest BCUT2D eigenvalue weighted by Gasteiger charge is 2.02. The second kappa shape index (κ2) is 5.04. The van der Waals surface area contributed by atoms with Crippen molar-refractivity contribution in [3.05, 3.63) is 30.1 Å². The van der Waals surface area contributed by atoms with E-state index in [4.69, 9.17) is 5.11 Å². The molecule has 1 N–H and O–H groups in total. The first-order valence-corrected chi connectivity index (χ1v) is 4.18. The normalized spacial score (nSPS) is 10.5. The topological polar surface area (TPSA) is 65.3 Å². The van der Waals surface area contributed by atoms with Gasteiger partial charge in [0.1, 0.15) is 12.2 Å². The molecule has 1 aromatic carbocycles. The molecule has 0 atom stereocenters. The van der Waals surface area contributed by atoms with E-state index in [0.717, 1.165) is 5.01 Å². The van der Waals surface area contributed by atoms with Crippen LogP contribution in [0.4, 0.5) is 10.1 Å². The highest BCUT2D eigenvalue weighted by Crippen LogP contribution is 2.16. The third-order valence-corrected chi connectivity index (χ3v) is 1.52. The zero-order chi connectivity index (χ0) is 11.3. The fourth-order valence-corrected chi connectivity index (χ4v) is 0.885. The minimum atomic E-state index is -1.02. The number of likely N-dealkylation sites (N-methyl/N-ethyl adjacent to an activating group) is 1. The van der Waals surface area contributed by atoms with Gasteiger partial charge in [0.2, 0.25) is 0 Å². The van der Waals surface area contributed by atoms with Crippen molar-refractivity contribution in [3.63, 3.8) is 0 Å². The van der Waals surface area contributed by atoms with Crippen LogP contribution in [-0.4, -0.2) is 29.7 Å². The smallest absolute Gasteiger partial charge is 0.324 e. The first kappa shape index (κ1) is 11.1. The molecule has 5 nitrogen and oxygen atoms in total. The number of benzene rings is 1. The maximum absolute atomic E-state index is 13.0. The van der Waals surface area contributed by atoms with Crippen LogP contribution >= 0.6 is 0 Å². The second-order valence-corrected chi connectivity index (χ2v) is 2.85. The van der Waals surface area contributed by atoms with E-state index in [1.165, 1.54) is 25.2 Å². The van der Waals surface area contributed by atoms with Crippen LogP contribution in [0.5, 0.6) is 0 Å². The lowest BCUT2D eigenvalue weighted by Gasteiger charge is -2.06. The Labute approximate surface area is 85.8 Å². The molecule has 0 aromatic heterocycles. The van der Waals surface area contributed by atoms with Crippen molar-refractivity contribution in [3.8, 4) is 0 Å². The van der Waals surface area contributed by atoms with E-state index in [9.17, 15) is 9.18 Å². The Morgan fingerprint density at radius 3 is 2.80 bits per heavy atom. The molecular weight excluding hydrogens is 201 g/mol. The highest BCUT2D eigenvalue weighted by atomic mass is 19.1. The summed E-state index contributed by atoms with van der Waals surface area (Å²) < 4.78 is 13.0. The summed E-state index contributed by atoms with van der Waals surface area (Å²) in [5.41, 5.74) is 0.0785. The molecule has 0 amide bonds. The van der Waals surface area contributed by atoms with Gasteiger partial charge in [0.15, 0.2) is 5.82 Å². The van der Waals surface area contributed by atoms with E-state index in [1.807, 2.05) is 0 Å². The van der Waals surface area contributed by atoms with Crippen LogP contribution in [0.3, 0.4) is 0 Å². The predicted octanol–water partition coefficient (Wildman–Crippen LogP) is 1.84. The summed E-state index contributed by atoms with van der Waals surface area (Å²) in [4.78, 5) is 10.3. The highest BCUT2D eigenvalue weighted by molar-refractivity contribution is 5.68. The van der Waals surface area contributed by atoms with Crippen molar-refractivity contribution < 1.29 is 14.3 Å². The second-order valence-electron chi connectivity index (χ2n) is 2.85. The number of nitrogens with zero attached hydrogens (tertiary/aromatic N) is 3. The van der Waals surface area contributed by atoms with Crippen LogP contribution in [0, 0.1) is 5.82 Å². The van der Waals surface area contributed by atoms with Gasteiger partial charge < -0.3 is 5.11 Å². The van der Waals surface area contributed by atoms with Gasteiger partial charge in [-0.05, 0) is 12.1 Å². The van der Waals surface area contributed by atoms with Gasteiger partial charge in [-0.1, -0.05) is 17.4 Å². The van der Waals surface area contributed by atoms with Crippen LogP contribution in [0.25, 0.3) is 0 Å². The first-order chi connectivity index (χ1) is 7.09. The largest absolute Gasteiger partial charge is 0.480 e. The fourth-order valence-electron chi connectivity index (χ4n) is 0.885. The number of carboxylic acids is 1. The molecule has 6 heteroatoms. The Hall–Kier alpha value is -1.98. The van der Waals surface area contributed by atoms with Gasteiger partial charge in [0.05, 0.1) is 0 Å². The molecule has 1 aromatic rings. The fraction of sp³-hybridized carbons (Fsp3) is 0.222. The summed E-state index contributed by atoms with van der Waals surface area (Å²) in [6, 6.07) is 5.86. The number of hydrogen-bond donors (Lipinski definition) is 1. The van der Waals surface area contributed by atoms with Crippen molar-refractivity contribution in [2.75, 3.05) is 13.6 Å². The average molecular weight is 211 g/mol. The van der Waals surface area contributed by atoms with Crippen LogP contribution < -0.4 is 0 Å². The number of carbonyl (C=O) groups is 1. The number of rotatable bonds is 4. The zero-order valence-corrected chi connectivity index (χ0v) is 8.09. The van der Waals surface area contributed by atoms with Gasteiger partial charge in [-0.25, -0.2) is 4.39 Å². The van der Waals surface area contributed by atoms with Gasteiger partial charge in [-0.3, -0.25) is 9.80 Å². The molecule has 80 valence electrons. The Bertz CT molecular complexity index is 381. The summed E-state index contributed by atoms with van der Waals surface area (Å²) in [7, 11) is 1.44. The van der Waals surface area contributed by atoms with Gasteiger partial charge in [-0.15, -0.1) is 5.11 Å². The van der Waals surface area contributed by atoms with E-state index >= 15 is 0 Å². The minimum Gasteiger partial charge on any atom is -0.480 e. The third kappa shape index (κ3) is 3.72. The third-order valence-electron chi connectivity index (χ3n) is 1.52. The van der Waals surface area contributed by atoms with Crippen molar-refractivity contribution >= 4 is 11.7 Å². The van der Waals surface area contributed by atoms with E-state index < -0.39 is 11.8 Å². The molecule has 0 bridgehead atoms.